The summed E-state index contributed by atoms with van der Waals surface area (Å²) in [6.45, 7) is 14.7. The average molecular weight is 301 g/mol. The molecule has 0 aliphatic carbocycles. The third kappa shape index (κ3) is 4.79. The lowest BCUT2D eigenvalue weighted by molar-refractivity contribution is 0.101. The highest BCUT2D eigenvalue weighted by Gasteiger charge is 2.14. The van der Waals surface area contributed by atoms with Crippen molar-refractivity contribution in [1.29, 1.82) is 0 Å². The van der Waals surface area contributed by atoms with Crippen molar-refractivity contribution in [2.45, 2.75) is 67.7 Å². The maximum atomic E-state index is 11.7. The number of nitrogens with zero attached hydrogens (tertiary/aromatic N) is 1. The van der Waals surface area contributed by atoms with E-state index in [1.54, 1.807) is 6.92 Å². The van der Waals surface area contributed by atoms with Crippen LogP contribution >= 0.6 is 0 Å². The first-order valence-electron chi connectivity index (χ1n) is 8.51. The first-order chi connectivity index (χ1) is 10.3. The molecule has 0 saturated carbocycles. The summed E-state index contributed by atoms with van der Waals surface area (Å²) in [5, 5.41) is 0. The lowest BCUT2D eigenvalue weighted by atomic mass is 9.94. The minimum Gasteiger partial charge on any atom is -0.295 e. The summed E-state index contributed by atoms with van der Waals surface area (Å²) >= 11 is 0. The first-order valence-corrected chi connectivity index (χ1v) is 8.51. The zero-order valence-corrected chi connectivity index (χ0v) is 15.3. The van der Waals surface area contributed by atoms with Gasteiger partial charge >= 0.3 is 0 Å². The molecule has 0 spiro atoms. The van der Waals surface area contributed by atoms with E-state index in [0.717, 1.165) is 36.1 Å². The van der Waals surface area contributed by atoms with Crippen LogP contribution in [0.1, 0.15) is 75.9 Å². The molecule has 22 heavy (non-hydrogen) atoms. The fourth-order valence-electron chi connectivity index (χ4n) is 2.73. The van der Waals surface area contributed by atoms with Crippen LogP contribution in [0.5, 0.6) is 0 Å². The summed E-state index contributed by atoms with van der Waals surface area (Å²) < 4.78 is 0. The van der Waals surface area contributed by atoms with Gasteiger partial charge in [-0.05, 0) is 68.2 Å². The van der Waals surface area contributed by atoms with E-state index in [1.807, 2.05) is 12.1 Å². The Morgan fingerprint density at radius 2 is 1.82 bits per heavy atom. The minimum absolute atomic E-state index is 0.126. The fraction of sp³-hybridized carbons (Fsp3) is 0.600. The molecule has 122 valence electrons. The van der Waals surface area contributed by atoms with E-state index in [1.165, 1.54) is 11.3 Å². The van der Waals surface area contributed by atoms with Gasteiger partial charge < -0.3 is 0 Å². The molecule has 0 amide bonds. The van der Waals surface area contributed by atoms with Crippen molar-refractivity contribution >= 4 is 17.2 Å². The van der Waals surface area contributed by atoms with Crippen LogP contribution < -0.4 is 0 Å². The van der Waals surface area contributed by atoms with Crippen molar-refractivity contribution in [3.63, 3.8) is 0 Å². The Morgan fingerprint density at radius 1 is 1.18 bits per heavy atom. The van der Waals surface area contributed by atoms with Crippen molar-refractivity contribution in [2.24, 2.45) is 16.8 Å². The number of carbonyl (C=O) groups is 1. The van der Waals surface area contributed by atoms with E-state index < -0.39 is 0 Å². The molecule has 0 aromatic heterocycles. The quantitative estimate of drug-likeness (QED) is 0.453. The van der Waals surface area contributed by atoms with Crippen LogP contribution in [0.2, 0.25) is 0 Å². The van der Waals surface area contributed by atoms with Gasteiger partial charge in [0, 0.05) is 11.3 Å². The van der Waals surface area contributed by atoms with Gasteiger partial charge in [0.15, 0.2) is 5.78 Å². The fourth-order valence-corrected chi connectivity index (χ4v) is 2.73. The number of benzene rings is 1. The number of aryl methyl sites for hydroxylation is 1. The number of ketones is 1. The van der Waals surface area contributed by atoms with Gasteiger partial charge in [0.2, 0.25) is 0 Å². The molecule has 1 aromatic carbocycles. The van der Waals surface area contributed by atoms with Gasteiger partial charge in [0.25, 0.3) is 0 Å². The molecule has 2 nitrogen and oxygen atoms in total. The predicted molar refractivity (Wildman–Crippen MR) is 96.6 cm³/mol. The Bertz CT molecular complexity index is 555. The van der Waals surface area contributed by atoms with Gasteiger partial charge in [-0.15, -0.1) is 0 Å². The number of carbonyl (C=O) groups excluding carboxylic acids is 1. The van der Waals surface area contributed by atoms with Gasteiger partial charge in [-0.25, -0.2) is 0 Å². The van der Waals surface area contributed by atoms with Crippen LogP contribution in [-0.2, 0) is 6.42 Å². The van der Waals surface area contributed by atoms with Crippen molar-refractivity contribution in [3.8, 4) is 0 Å². The van der Waals surface area contributed by atoms with E-state index >= 15 is 0 Å². The maximum absolute atomic E-state index is 11.7. The highest BCUT2D eigenvalue weighted by Crippen LogP contribution is 2.30. The summed E-state index contributed by atoms with van der Waals surface area (Å²) in [6, 6.07) is 4.02. The third-order valence-electron chi connectivity index (χ3n) is 4.21. The normalized spacial score (nSPS) is 13.5. The molecule has 1 rings (SSSR count). The van der Waals surface area contributed by atoms with E-state index in [9.17, 15) is 4.79 Å². The molecule has 0 heterocycles. The van der Waals surface area contributed by atoms with Crippen LogP contribution in [0.4, 0.5) is 5.69 Å². The molecule has 0 fully saturated rings. The molecular weight excluding hydrogens is 270 g/mol. The second-order valence-electron chi connectivity index (χ2n) is 6.72. The van der Waals surface area contributed by atoms with Gasteiger partial charge in [0.1, 0.15) is 0 Å². The van der Waals surface area contributed by atoms with Crippen molar-refractivity contribution in [2.75, 3.05) is 0 Å². The number of aliphatic imine (C=N–C) groups is 1. The Kier molecular flexibility index (Phi) is 6.99. The topological polar surface area (TPSA) is 29.4 Å². The predicted octanol–water partition coefficient (Wildman–Crippen LogP) is 5.92. The van der Waals surface area contributed by atoms with E-state index in [0.29, 0.717) is 11.8 Å². The van der Waals surface area contributed by atoms with Crippen molar-refractivity contribution in [3.05, 3.63) is 28.8 Å². The summed E-state index contributed by atoms with van der Waals surface area (Å²) in [7, 11) is 0. The number of Topliss-reactive ketones (excluding diaryl/α,β-unsaturated/α-hetero) is 1. The molecular formula is C20H31NO. The summed E-state index contributed by atoms with van der Waals surface area (Å²) in [5.74, 6) is 1.18. The van der Waals surface area contributed by atoms with Crippen LogP contribution in [0.25, 0.3) is 0 Å². The van der Waals surface area contributed by atoms with E-state index in [-0.39, 0.29) is 5.78 Å². The van der Waals surface area contributed by atoms with Crippen LogP contribution in [0.3, 0.4) is 0 Å². The lowest BCUT2D eigenvalue weighted by Crippen LogP contribution is -2.09. The Labute approximate surface area is 136 Å². The largest absolute Gasteiger partial charge is 0.295 e. The summed E-state index contributed by atoms with van der Waals surface area (Å²) in [5.41, 5.74) is 5.45. The Morgan fingerprint density at radius 3 is 2.27 bits per heavy atom. The molecule has 0 N–H and O–H groups in total. The maximum Gasteiger partial charge on any atom is 0.159 e. The van der Waals surface area contributed by atoms with Gasteiger partial charge in [-0.3, -0.25) is 9.79 Å². The molecule has 1 atom stereocenters. The Hall–Kier alpha value is -1.44. The zero-order chi connectivity index (χ0) is 16.9. The standard InChI is InChI=1S/C20H31NO/c1-8-14(5)19(9-2)21-20-15(6)11-17(16(7)22)12-18(20)10-13(3)4/h11-14H,8-10H2,1-7H3/b21-19-. The monoisotopic (exact) mass is 301 g/mol. The SMILES string of the molecule is CC/C(=N/c1c(C)cc(C(C)=O)cc1CC(C)C)C(C)CC. The minimum atomic E-state index is 0.126. The van der Waals surface area contributed by atoms with Gasteiger partial charge in [-0.2, -0.15) is 0 Å². The molecule has 0 radical (unpaired) electrons. The van der Waals surface area contributed by atoms with E-state index in [4.69, 9.17) is 4.99 Å². The second kappa shape index (κ2) is 8.26. The summed E-state index contributed by atoms with van der Waals surface area (Å²) in [6.07, 6.45) is 3.04. The van der Waals surface area contributed by atoms with Crippen LogP contribution in [0.15, 0.2) is 17.1 Å². The van der Waals surface area contributed by atoms with Crippen molar-refractivity contribution < 1.29 is 4.79 Å². The average Bonchev–Trinajstić information content (AvgIpc) is 2.44. The van der Waals surface area contributed by atoms with Crippen LogP contribution in [-0.4, -0.2) is 11.5 Å². The molecule has 1 unspecified atom stereocenters. The molecule has 0 aliphatic heterocycles. The number of hydrogen-bond acceptors (Lipinski definition) is 2. The third-order valence-corrected chi connectivity index (χ3v) is 4.21. The molecule has 0 aliphatic rings. The molecule has 0 saturated heterocycles. The van der Waals surface area contributed by atoms with Gasteiger partial charge in [-0.1, -0.05) is 34.6 Å². The second-order valence-corrected chi connectivity index (χ2v) is 6.72. The first kappa shape index (κ1) is 18.6. The highest BCUT2D eigenvalue weighted by atomic mass is 16.1. The number of rotatable bonds is 7. The highest BCUT2D eigenvalue weighted by molar-refractivity contribution is 5.95. The van der Waals surface area contributed by atoms with Gasteiger partial charge in [0.05, 0.1) is 5.69 Å². The Balaban J connectivity index is 3.44. The molecule has 0 bridgehead atoms. The van der Waals surface area contributed by atoms with E-state index in [2.05, 4.69) is 41.5 Å². The van der Waals surface area contributed by atoms with Crippen LogP contribution in [0, 0.1) is 18.8 Å². The van der Waals surface area contributed by atoms with Crippen molar-refractivity contribution in [1.82, 2.24) is 0 Å². The lowest BCUT2D eigenvalue weighted by Gasteiger charge is -2.16. The molecule has 2 heteroatoms. The smallest absolute Gasteiger partial charge is 0.159 e. The number of hydrogen-bond donors (Lipinski definition) is 0. The molecule has 1 aromatic rings. The zero-order valence-electron chi connectivity index (χ0n) is 15.3. The summed E-state index contributed by atoms with van der Waals surface area (Å²) in [4.78, 5) is 16.8.